The Morgan fingerprint density at radius 3 is 2.53 bits per heavy atom. The van der Waals surface area contributed by atoms with Crippen LogP contribution in [0.5, 0.6) is 0 Å². The second-order valence-corrected chi connectivity index (χ2v) is 18.2. The van der Waals surface area contributed by atoms with Gasteiger partial charge < -0.3 is 54.7 Å². The van der Waals surface area contributed by atoms with Gasteiger partial charge in [0.05, 0.1) is 47.7 Å². The fraction of sp³-hybridized carbons (Fsp3) is 0.714. The van der Waals surface area contributed by atoms with Gasteiger partial charge in [0.2, 0.25) is 0 Å². The van der Waals surface area contributed by atoms with Crippen molar-refractivity contribution in [3.63, 3.8) is 0 Å². The molecule has 6 rings (SSSR count). The maximum absolute atomic E-state index is 14.4. The molecule has 0 unspecified atom stereocenters. The summed E-state index contributed by atoms with van der Waals surface area (Å²) in [5, 5.41) is 32.0. The zero-order chi connectivity index (χ0) is 42.5. The van der Waals surface area contributed by atoms with Crippen LogP contribution in [-0.4, -0.2) is 132 Å². The van der Waals surface area contributed by atoms with Crippen LogP contribution in [0.15, 0.2) is 35.5 Å². The number of oxime groups is 1. The molecular weight excluding hydrogens is 767 g/mol. The van der Waals surface area contributed by atoms with Crippen molar-refractivity contribution in [1.82, 2.24) is 15.2 Å². The number of nitrogens with one attached hydrogen (secondary N) is 1. The average Bonchev–Trinajstić information content (AvgIpc) is 3.65. The molecule has 58 heavy (non-hydrogen) atoms. The average molecular weight is 832 g/mol. The Balaban J connectivity index is 1.56. The summed E-state index contributed by atoms with van der Waals surface area (Å²) in [6, 6.07) is 8.91. The number of nitrogen functional groups attached to an aromatic ring is 1. The van der Waals surface area contributed by atoms with Gasteiger partial charge in [-0.05, 0) is 98.2 Å². The number of rotatable bonds is 8. The number of esters is 1. The van der Waals surface area contributed by atoms with Crippen LogP contribution in [0.2, 0.25) is 0 Å². The third-order valence-corrected chi connectivity index (χ3v) is 12.9. The highest BCUT2D eigenvalue weighted by Crippen LogP contribution is 2.37. The second-order valence-electron chi connectivity index (χ2n) is 17.1. The molecule has 0 spiro atoms. The zero-order valence-corrected chi connectivity index (χ0v) is 36.5. The van der Waals surface area contributed by atoms with Gasteiger partial charge in [-0.15, -0.1) is 11.3 Å². The molecule has 4 saturated heterocycles. The molecule has 0 radical (unpaired) electrons. The van der Waals surface area contributed by atoms with Crippen molar-refractivity contribution >= 4 is 34.6 Å². The fourth-order valence-electron chi connectivity index (χ4n) is 8.53. The maximum Gasteiger partial charge on any atom is 0.316 e. The number of hydrogen-bond acceptors (Lipinski definition) is 16. The van der Waals surface area contributed by atoms with Crippen LogP contribution in [0.4, 0.5) is 5.82 Å². The quantitative estimate of drug-likeness (QED) is 0.168. The number of nitrogens with two attached hydrogens (primary N) is 1. The Bertz CT molecular complexity index is 1720. The highest BCUT2D eigenvalue weighted by molar-refractivity contribution is 7.15. The van der Waals surface area contributed by atoms with Gasteiger partial charge >= 0.3 is 5.97 Å². The first kappa shape index (κ1) is 46.0. The van der Waals surface area contributed by atoms with Crippen molar-refractivity contribution in [2.24, 2.45) is 22.9 Å². The Kier molecular flexibility index (Phi) is 15.5. The van der Waals surface area contributed by atoms with Crippen molar-refractivity contribution in [1.29, 1.82) is 0 Å². The van der Waals surface area contributed by atoms with E-state index >= 15 is 0 Å². The number of ketones is 1. The van der Waals surface area contributed by atoms with Crippen LogP contribution in [0.3, 0.4) is 0 Å². The largest absolute Gasteiger partial charge is 0.459 e. The van der Waals surface area contributed by atoms with Gasteiger partial charge in [0, 0.05) is 29.4 Å². The van der Waals surface area contributed by atoms with E-state index in [9.17, 15) is 19.8 Å². The molecule has 16 heteroatoms. The van der Waals surface area contributed by atoms with E-state index in [1.807, 2.05) is 77.9 Å². The zero-order valence-electron chi connectivity index (χ0n) is 35.7. The molecule has 5 N–H and O–H groups in total. The number of Topliss-reactive ketones (excluding diaryl/α,β-unsaturated/α-hetero) is 1. The first-order valence-electron chi connectivity index (χ1n) is 20.4. The predicted molar refractivity (Wildman–Crippen MR) is 221 cm³/mol. The molecule has 13 atom stereocenters. The molecular formula is C42H65N5O10S. The molecule has 2 bridgehead atoms. The normalized spacial score (nSPS) is 38.0. The number of nitrogens with zero attached hydrogens (tertiary/aromatic N) is 3. The molecule has 4 aliphatic rings. The molecule has 4 aliphatic heterocycles. The van der Waals surface area contributed by atoms with E-state index in [1.165, 1.54) is 18.3 Å². The summed E-state index contributed by atoms with van der Waals surface area (Å²) < 4.78 is 32.4. The monoisotopic (exact) mass is 831 g/mol. The minimum Gasteiger partial charge on any atom is -0.459 e. The lowest BCUT2D eigenvalue weighted by Gasteiger charge is -2.47. The number of likely N-dealkylation sites (N-methyl/N-ethyl adjacent to an activating group) is 1. The van der Waals surface area contributed by atoms with Crippen LogP contribution in [0.25, 0.3) is 10.6 Å². The van der Waals surface area contributed by atoms with Gasteiger partial charge in [-0.25, -0.2) is 4.98 Å². The molecule has 2 aromatic rings. The van der Waals surface area contributed by atoms with Crippen LogP contribution in [0.1, 0.15) is 79.5 Å². The highest BCUT2D eigenvalue weighted by atomic mass is 32.1. The summed E-state index contributed by atoms with van der Waals surface area (Å²) >= 11 is 1.51. The van der Waals surface area contributed by atoms with Crippen LogP contribution < -0.4 is 11.1 Å². The van der Waals surface area contributed by atoms with Crippen LogP contribution in [-0.2, 0) is 44.7 Å². The predicted octanol–water partition coefficient (Wildman–Crippen LogP) is 4.18. The molecule has 0 aliphatic carbocycles. The van der Waals surface area contributed by atoms with E-state index in [1.54, 1.807) is 19.9 Å². The number of hydrogen-bond donors (Lipinski definition) is 4. The number of ether oxygens (including phenoxy) is 5. The number of carbonyl (C=O) groups excluding carboxylic acids is 2. The lowest BCUT2D eigenvalue weighted by Crippen LogP contribution is -2.60. The summed E-state index contributed by atoms with van der Waals surface area (Å²) in [6.45, 7) is 14.8. The molecule has 15 nitrogen and oxygen atoms in total. The number of anilines is 1. The van der Waals surface area contributed by atoms with Crippen LogP contribution in [0, 0.1) is 17.8 Å². The van der Waals surface area contributed by atoms with Gasteiger partial charge in [-0.3, -0.25) is 9.59 Å². The molecule has 0 aromatic carbocycles. The van der Waals surface area contributed by atoms with E-state index in [-0.39, 0.29) is 50.3 Å². The third kappa shape index (κ3) is 10.8. The number of aromatic nitrogens is 1. The SMILES string of the molecule is CC[C@H]1OC(=O)[C@H](C)C(=O)[C@H](C)[C@@H](O[C@@H]2O[C@H](C)C[C@H](N(C)C)[C@H]2O)[C@@]2(C)C[C@@H](C)NC[C@H](C)[C@@H](OC/C(=N\OCc3ccc(-c4cccc(N)n4)s3)CO2)[C@]1(C)O. The molecule has 2 aromatic heterocycles. The number of fused-ring (bicyclic) bond motifs is 15. The topological polar surface area (TPSA) is 197 Å². The summed E-state index contributed by atoms with van der Waals surface area (Å²) in [6.07, 6.45) is -4.09. The third-order valence-electron chi connectivity index (χ3n) is 11.8. The van der Waals surface area contributed by atoms with Crippen molar-refractivity contribution in [2.45, 2.75) is 141 Å². The first-order chi connectivity index (χ1) is 27.3. The summed E-state index contributed by atoms with van der Waals surface area (Å²) in [5.74, 6) is -3.20. The van der Waals surface area contributed by atoms with Crippen molar-refractivity contribution in [2.75, 3.05) is 39.6 Å². The lowest BCUT2D eigenvalue weighted by molar-refractivity contribution is -0.296. The van der Waals surface area contributed by atoms with Crippen molar-refractivity contribution in [3.8, 4) is 10.6 Å². The minimum atomic E-state index is -1.67. The second kappa shape index (κ2) is 19.5. The van der Waals surface area contributed by atoms with Gasteiger partial charge in [-0.1, -0.05) is 32.0 Å². The molecule has 324 valence electrons. The standard InChI is InChI=1S/C42H65N5O10S/c1-11-33-42(8,51)37-23(2)19-44-24(3)18-41(7,53-21-28(20-52-37)46-54-22-29-15-16-32(58-29)30-13-12-14-34(43)45-30)38(26(5)35(48)27(6)39(50)56-33)57-40-36(49)31(47(9)10)17-25(4)55-40/h12-16,23-27,31,33,36-38,40,44,49,51H,11,17-22H2,1-10H3,(H2,43,45)/b46-28+/t23-,24+,25+,26-,27+,31-,33+,36+,37+,38+,40-,41+,42+/m0/s1. The van der Waals surface area contributed by atoms with E-state index in [2.05, 4.69) is 15.5 Å². The van der Waals surface area contributed by atoms with Gasteiger partial charge in [0.25, 0.3) is 0 Å². The summed E-state index contributed by atoms with van der Waals surface area (Å²) in [7, 11) is 3.78. The summed E-state index contributed by atoms with van der Waals surface area (Å²) in [4.78, 5) is 42.4. The number of aliphatic hydroxyl groups is 2. The molecule has 0 amide bonds. The smallest absolute Gasteiger partial charge is 0.316 e. The Morgan fingerprint density at radius 1 is 1.10 bits per heavy atom. The number of thiophene rings is 1. The first-order valence-corrected chi connectivity index (χ1v) is 21.3. The highest BCUT2D eigenvalue weighted by Gasteiger charge is 2.51. The minimum absolute atomic E-state index is 0.0903. The lowest BCUT2D eigenvalue weighted by atomic mass is 9.79. The molecule has 0 saturated carbocycles. The Hall–Kier alpha value is -3.06. The Labute approximate surface area is 346 Å². The van der Waals surface area contributed by atoms with Gasteiger partial charge in [0.1, 0.15) is 35.3 Å². The number of carbonyl (C=O) groups is 2. The summed E-state index contributed by atoms with van der Waals surface area (Å²) in [5.41, 5.74) is 4.16. The Morgan fingerprint density at radius 2 is 1.84 bits per heavy atom. The molecule has 4 fully saturated rings. The van der Waals surface area contributed by atoms with Crippen LogP contribution >= 0.6 is 11.3 Å². The maximum atomic E-state index is 14.4. The van der Waals surface area contributed by atoms with E-state index in [0.717, 1.165) is 15.4 Å². The number of pyridine rings is 1. The van der Waals surface area contributed by atoms with Gasteiger partial charge in [-0.2, -0.15) is 0 Å². The van der Waals surface area contributed by atoms with Crippen molar-refractivity contribution in [3.05, 3.63) is 35.2 Å². The van der Waals surface area contributed by atoms with Crippen molar-refractivity contribution < 1.29 is 48.3 Å². The fourth-order valence-corrected chi connectivity index (χ4v) is 9.41. The number of aliphatic hydroxyl groups excluding tert-OH is 1. The van der Waals surface area contributed by atoms with E-state index in [4.69, 9.17) is 34.3 Å². The molecule has 6 heterocycles. The van der Waals surface area contributed by atoms with Gasteiger partial charge in [0.15, 0.2) is 18.7 Å². The van der Waals surface area contributed by atoms with E-state index in [0.29, 0.717) is 30.9 Å². The van der Waals surface area contributed by atoms with E-state index < -0.39 is 65.5 Å².